The van der Waals surface area contributed by atoms with Crippen molar-refractivity contribution in [3.63, 3.8) is 0 Å². The molecule has 4 rings (SSSR count). The summed E-state index contributed by atoms with van der Waals surface area (Å²) in [5, 5.41) is 26.0. The Labute approximate surface area is 192 Å². The van der Waals surface area contributed by atoms with Crippen molar-refractivity contribution >= 4 is 22.6 Å². The van der Waals surface area contributed by atoms with Gasteiger partial charge in [0.1, 0.15) is 17.4 Å². The third-order valence-corrected chi connectivity index (χ3v) is 6.26. The Balaban J connectivity index is 1.82. The number of ether oxygens (including phenoxy) is 3. The van der Waals surface area contributed by atoms with Crippen molar-refractivity contribution in [3.05, 3.63) is 41.7 Å². The largest absolute Gasteiger partial charge is 0.491 e. The van der Waals surface area contributed by atoms with Crippen LogP contribution < -0.4 is 4.74 Å². The lowest BCUT2D eigenvalue weighted by molar-refractivity contribution is -0.133. The number of carboxylic acid groups (broad SMARTS) is 1. The molecule has 0 radical (unpaired) electrons. The topological polar surface area (TPSA) is 106 Å². The van der Waals surface area contributed by atoms with Gasteiger partial charge in [-0.2, -0.15) is 5.10 Å². The Morgan fingerprint density at radius 2 is 2.03 bits per heavy atom. The summed E-state index contributed by atoms with van der Waals surface area (Å²) in [7, 11) is 3.31. The molecule has 0 bridgehead atoms. The molecule has 3 heterocycles. The van der Waals surface area contributed by atoms with Crippen molar-refractivity contribution in [2.45, 2.75) is 39.0 Å². The highest BCUT2D eigenvalue weighted by atomic mass is 16.5. The number of aliphatic hydroxyl groups excluding tert-OH is 1. The van der Waals surface area contributed by atoms with E-state index >= 15 is 0 Å². The third-order valence-electron chi connectivity index (χ3n) is 6.26. The van der Waals surface area contributed by atoms with Crippen molar-refractivity contribution in [3.8, 4) is 5.75 Å². The van der Waals surface area contributed by atoms with Gasteiger partial charge < -0.3 is 29.3 Å². The van der Waals surface area contributed by atoms with Crippen LogP contribution in [0.5, 0.6) is 5.75 Å². The van der Waals surface area contributed by atoms with Crippen LogP contribution in [0.2, 0.25) is 0 Å². The Bertz CT molecular complexity index is 1100. The van der Waals surface area contributed by atoms with Gasteiger partial charge in [0.2, 0.25) is 0 Å². The average Bonchev–Trinajstić information content (AvgIpc) is 3.15. The molecule has 1 aromatic heterocycles. The summed E-state index contributed by atoms with van der Waals surface area (Å²) in [5.41, 5.74) is 1.91. The van der Waals surface area contributed by atoms with Gasteiger partial charge in [0.15, 0.2) is 0 Å². The minimum atomic E-state index is -1.22. The highest BCUT2D eigenvalue weighted by Crippen LogP contribution is 2.43. The number of rotatable bonds is 9. The molecule has 1 unspecified atom stereocenters. The van der Waals surface area contributed by atoms with Gasteiger partial charge in [-0.25, -0.2) is 4.79 Å². The maximum Gasteiger partial charge on any atom is 0.336 e. The zero-order chi connectivity index (χ0) is 23.8. The van der Waals surface area contributed by atoms with Crippen LogP contribution in [0, 0.1) is 5.41 Å². The first-order valence-electron chi connectivity index (χ1n) is 11.0. The van der Waals surface area contributed by atoms with Crippen molar-refractivity contribution in [2.24, 2.45) is 5.41 Å². The van der Waals surface area contributed by atoms with Crippen LogP contribution >= 0.6 is 0 Å². The number of methoxy groups -OCH3 is 2. The van der Waals surface area contributed by atoms with Gasteiger partial charge in [-0.15, -0.1) is 0 Å². The molecule has 0 aliphatic carbocycles. The van der Waals surface area contributed by atoms with E-state index in [1.54, 1.807) is 26.5 Å². The molecule has 0 spiro atoms. The molecule has 0 saturated carbocycles. The van der Waals surface area contributed by atoms with Gasteiger partial charge in [-0.05, 0) is 12.1 Å². The van der Waals surface area contributed by atoms with Crippen LogP contribution in [0.15, 0.2) is 36.0 Å². The smallest absolute Gasteiger partial charge is 0.336 e. The van der Waals surface area contributed by atoms with Gasteiger partial charge in [-0.3, -0.25) is 4.68 Å². The van der Waals surface area contributed by atoms with Crippen LogP contribution in [0.25, 0.3) is 16.6 Å². The van der Waals surface area contributed by atoms with Gasteiger partial charge in [0, 0.05) is 44.2 Å². The minimum Gasteiger partial charge on any atom is -0.491 e. The van der Waals surface area contributed by atoms with E-state index in [0.717, 1.165) is 28.7 Å². The van der Waals surface area contributed by atoms with E-state index in [0.29, 0.717) is 32.1 Å². The fourth-order valence-electron chi connectivity index (χ4n) is 4.64. The quantitative estimate of drug-likeness (QED) is 0.554. The molecule has 178 valence electrons. The first-order valence-corrected chi connectivity index (χ1v) is 11.0. The molecule has 2 N–H and O–H groups in total. The van der Waals surface area contributed by atoms with Gasteiger partial charge in [0.05, 0.1) is 42.8 Å². The predicted octanol–water partition coefficient (Wildman–Crippen LogP) is 2.49. The van der Waals surface area contributed by atoms with Crippen molar-refractivity contribution in [1.29, 1.82) is 0 Å². The first-order chi connectivity index (χ1) is 15.8. The van der Waals surface area contributed by atoms with E-state index in [1.807, 2.05) is 27.8 Å². The molecule has 1 aromatic carbocycles. The number of benzene rings is 1. The molecule has 2 aromatic rings. The zero-order valence-corrected chi connectivity index (χ0v) is 19.4. The monoisotopic (exact) mass is 457 g/mol. The Morgan fingerprint density at radius 1 is 1.24 bits per heavy atom. The number of carbonyl (C=O) groups is 1. The number of aromatic nitrogens is 2. The molecule has 0 amide bonds. The van der Waals surface area contributed by atoms with E-state index in [9.17, 15) is 15.0 Å². The van der Waals surface area contributed by atoms with E-state index in [2.05, 4.69) is 13.8 Å². The average molecular weight is 458 g/mol. The van der Waals surface area contributed by atoms with Crippen LogP contribution in [-0.2, 0) is 20.8 Å². The van der Waals surface area contributed by atoms with Crippen molar-refractivity contribution < 1.29 is 29.2 Å². The number of fused-ring (bicyclic) bond motifs is 5. The molecular formula is C24H31N3O6. The summed E-state index contributed by atoms with van der Waals surface area (Å²) < 4.78 is 18.5. The van der Waals surface area contributed by atoms with Crippen molar-refractivity contribution in [1.82, 2.24) is 14.7 Å². The lowest BCUT2D eigenvalue weighted by atomic mass is 9.81. The second-order valence-electron chi connectivity index (χ2n) is 9.11. The maximum absolute atomic E-state index is 11.8. The molecule has 9 heteroatoms. The van der Waals surface area contributed by atoms with Gasteiger partial charge >= 0.3 is 5.97 Å². The van der Waals surface area contributed by atoms with Crippen LogP contribution in [-0.4, -0.2) is 77.0 Å². The van der Waals surface area contributed by atoms with Gasteiger partial charge in [-0.1, -0.05) is 26.0 Å². The highest BCUT2D eigenvalue weighted by Gasteiger charge is 2.43. The van der Waals surface area contributed by atoms with Crippen LogP contribution in [0.3, 0.4) is 0 Å². The summed E-state index contributed by atoms with van der Waals surface area (Å²) in [6.07, 6.45) is 2.70. The van der Waals surface area contributed by atoms with E-state index < -0.39 is 12.1 Å². The first kappa shape index (κ1) is 23.3. The summed E-state index contributed by atoms with van der Waals surface area (Å²) in [5.74, 6) is -0.458. The number of aliphatic hydroxyl groups is 1. The number of hydrogen-bond acceptors (Lipinski definition) is 7. The zero-order valence-electron chi connectivity index (χ0n) is 19.4. The van der Waals surface area contributed by atoms with Crippen LogP contribution in [0.1, 0.15) is 26.0 Å². The molecule has 2 aliphatic rings. The van der Waals surface area contributed by atoms with E-state index in [1.165, 1.54) is 0 Å². The fraction of sp³-hybridized carbons (Fsp3) is 0.500. The normalized spacial score (nSPS) is 20.2. The fourth-order valence-corrected chi connectivity index (χ4v) is 4.64. The molecule has 2 atom stereocenters. The molecule has 9 nitrogen and oxygen atoms in total. The van der Waals surface area contributed by atoms with Crippen LogP contribution in [0.4, 0.5) is 0 Å². The van der Waals surface area contributed by atoms with E-state index in [4.69, 9.17) is 19.3 Å². The lowest BCUT2D eigenvalue weighted by Crippen LogP contribution is -2.51. The summed E-state index contributed by atoms with van der Waals surface area (Å²) in [6, 6.07) is 5.64. The lowest BCUT2D eigenvalue weighted by Gasteiger charge is -2.47. The Hall–Kier alpha value is -2.88. The molecule has 0 fully saturated rings. The molecular weight excluding hydrogens is 426 g/mol. The van der Waals surface area contributed by atoms with E-state index in [-0.39, 0.29) is 17.0 Å². The second kappa shape index (κ2) is 9.17. The SMILES string of the molecule is COCCCOc1cccc2c3n(nc12)C[C@H](C(C)(C)COC)N1C=C(C(=O)O)C(O)C=C31. The summed E-state index contributed by atoms with van der Waals surface area (Å²) in [4.78, 5) is 13.7. The molecule has 2 aliphatic heterocycles. The number of aliphatic carboxylic acids is 1. The summed E-state index contributed by atoms with van der Waals surface area (Å²) in [6.45, 7) is 6.29. The number of carboxylic acids is 1. The standard InChI is InChI=1S/C24H31N3O6/c1-24(2,14-32-4)20-13-27-22(17-11-18(28)16(23(29)30)12-26(17)20)15-7-5-8-19(21(15)25-27)33-10-6-9-31-3/h5,7-8,11-12,18,20,28H,6,9-10,13-14H2,1-4H3,(H,29,30)/t18?,20-/m1/s1. The Kier molecular flexibility index (Phi) is 6.47. The Morgan fingerprint density at radius 3 is 2.73 bits per heavy atom. The van der Waals surface area contributed by atoms with Gasteiger partial charge in [0.25, 0.3) is 0 Å². The molecule has 0 saturated heterocycles. The second-order valence-corrected chi connectivity index (χ2v) is 9.11. The number of nitrogens with zero attached hydrogens (tertiary/aromatic N) is 3. The maximum atomic E-state index is 11.8. The third kappa shape index (κ3) is 4.23. The number of hydrogen-bond donors (Lipinski definition) is 2. The van der Waals surface area contributed by atoms with Crippen molar-refractivity contribution in [2.75, 3.05) is 34.0 Å². The summed E-state index contributed by atoms with van der Waals surface area (Å²) >= 11 is 0. The molecule has 33 heavy (non-hydrogen) atoms. The minimum absolute atomic E-state index is 0.0589. The predicted molar refractivity (Wildman–Crippen MR) is 123 cm³/mol. The highest BCUT2D eigenvalue weighted by molar-refractivity contribution is 5.96.